The van der Waals surface area contributed by atoms with Crippen molar-refractivity contribution in [3.05, 3.63) is 40.3 Å². The van der Waals surface area contributed by atoms with E-state index < -0.39 is 0 Å². The zero-order valence-electron chi connectivity index (χ0n) is 11.9. The minimum atomic E-state index is -0.285. The van der Waals surface area contributed by atoms with Gasteiger partial charge in [-0.15, -0.1) is 0 Å². The van der Waals surface area contributed by atoms with E-state index in [9.17, 15) is 9.59 Å². The van der Waals surface area contributed by atoms with E-state index in [0.717, 1.165) is 0 Å². The molecule has 20 heavy (non-hydrogen) atoms. The Hall–Kier alpha value is -2.17. The summed E-state index contributed by atoms with van der Waals surface area (Å²) in [6.45, 7) is 6.91. The minimum absolute atomic E-state index is 0.259. The van der Waals surface area contributed by atoms with E-state index in [2.05, 4.69) is 36.3 Å². The first-order valence-electron chi connectivity index (χ1n) is 6.76. The standard InChI is InChI=1S/C15H19N3O2/c1-9(2)10(3)8-16-15(20)13-11-6-4-5-7-12(11)14(19)18-17-13/h4-7,9-10H,8H2,1-3H3,(H,16,20)(H,18,19). The molecule has 1 atom stereocenters. The van der Waals surface area contributed by atoms with E-state index in [0.29, 0.717) is 29.2 Å². The summed E-state index contributed by atoms with van der Waals surface area (Å²) >= 11 is 0. The van der Waals surface area contributed by atoms with Crippen LogP contribution >= 0.6 is 0 Å². The first-order chi connectivity index (χ1) is 9.50. The number of carbonyl (C=O) groups excluding carboxylic acids is 1. The Balaban J connectivity index is 2.27. The summed E-state index contributed by atoms with van der Waals surface area (Å²) in [5.41, 5.74) is -0.0242. The Bertz CT molecular complexity index is 676. The number of benzene rings is 1. The molecule has 2 rings (SSSR count). The molecule has 0 radical (unpaired) electrons. The van der Waals surface area contributed by atoms with Crippen LogP contribution in [-0.4, -0.2) is 22.6 Å². The lowest BCUT2D eigenvalue weighted by molar-refractivity contribution is 0.0940. The first-order valence-corrected chi connectivity index (χ1v) is 6.76. The Morgan fingerprint density at radius 1 is 1.25 bits per heavy atom. The van der Waals surface area contributed by atoms with Gasteiger partial charge in [-0.2, -0.15) is 5.10 Å². The number of nitrogens with zero attached hydrogens (tertiary/aromatic N) is 1. The van der Waals surface area contributed by atoms with Gasteiger partial charge in [0.2, 0.25) is 0 Å². The molecule has 1 aromatic heterocycles. The highest BCUT2D eigenvalue weighted by atomic mass is 16.2. The zero-order valence-corrected chi connectivity index (χ0v) is 11.9. The molecule has 0 aliphatic heterocycles. The Labute approximate surface area is 117 Å². The van der Waals surface area contributed by atoms with Gasteiger partial charge in [-0.1, -0.05) is 39.0 Å². The molecule has 0 spiro atoms. The summed E-state index contributed by atoms with van der Waals surface area (Å²) in [4.78, 5) is 23.9. The topological polar surface area (TPSA) is 74.8 Å². The first kappa shape index (κ1) is 14.2. The summed E-state index contributed by atoms with van der Waals surface area (Å²) in [6.07, 6.45) is 0. The van der Waals surface area contributed by atoms with Gasteiger partial charge < -0.3 is 5.32 Å². The lowest BCUT2D eigenvalue weighted by Crippen LogP contribution is -2.31. The highest BCUT2D eigenvalue weighted by Crippen LogP contribution is 2.13. The van der Waals surface area contributed by atoms with Gasteiger partial charge in [0, 0.05) is 11.9 Å². The molecular weight excluding hydrogens is 254 g/mol. The number of nitrogens with one attached hydrogen (secondary N) is 2. The van der Waals surface area contributed by atoms with E-state index in [-0.39, 0.29) is 17.2 Å². The van der Waals surface area contributed by atoms with E-state index in [1.54, 1.807) is 24.3 Å². The monoisotopic (exact) mass is 273 g/mol. The molecule has 0 aliphatic rings. The van der Waals surface area contributed by atoms with Crippen LogP contribution in [0.15, 0.2) is 29.1 Å². The third kappa shape index (κ3) is 2.87. The van der Waals surface area contributed by atoms with Crippen LogP contribution in [0.2, 0.25) is 0 Å². The van der Waals surface area contributed by atoms with Crippen LogP contribution < -0.4 is 10.9 Å². The molecule has 1 heterocycles. The highest BCUT2D eigenvalue weighted by molar-refractivity contribution is 6.04. The second-order valence-electron chi connectivity index (χ2n) is 5.38. The van der Waals surface area contributed by atoms with Gasteiger partial charge in [-0.25, -0.2) is 5.10 Å². The van der Waals surface area contributed by atoms with Gasteiger partial charge in [0.05, 0.1) is 5.39 Å². The predicted molar refractivity (Wildman–Crippen MR) is 78.7 cm³/mol. The maximum Gasteiger partial charge on any atom is 0.272 e. The molecule has 5 heteroatoms. The van der Waals surface area contributed by atoms with Gasteiger partial charge in [-0.05, 0) is 17.9 Å². The quantitative estimate of drug-likeness (QED) is 0.894. The molecule has 106 valence electrons. The molecule has 0 bridgehead atoms. The molecule has 0 aliphatic carbocycles. The van der Waals surface area contributed by atoms with Crippen LogP contribution in [0.3, 0.4) is 0 Å². The van der Waals surface area contributed by atoms with E-state index in [1.165, 1.54) is 0 Å². The number of H-pyrrole nitrogens is 1. The van der Waals surface area contributed by atoms with E-state index in [4.69, 9.17) is 0 Å². The predicted octanol–water partition coefficient (Wildman–Crippen LogP) is 1.94. The van der Waals surface area contributed by atoms with E-state index >= 15 is 0 Å². The SMILES string of the molecule is CC(C)C(C)CNC(=O)c1n[nH]c(=O)c2ccccc12. The highest BCUT2D eigenvalue weighted by Gasteiger charge is 2.15. The number of carbonyl (C=O) groups is 1. The van der Waals surface area contributed by atoms with E-state index in [1.807, 2.05) is 0 Å². The number of aromatic amines is 1. The Kier molecular flexibility index (Phi) is 4.17. The lowest BCUT2D eigenvalue weighted by Gasteiger charge is -2.16. The van der Waals surface area contributed by atoms with Crippen LogP contribution in [0.25, 0.3) is 10.8 Å². The van der Waals surface area contributed by atoms with Crippen molar-refractivity contribution in [2.24, 2.45) is 11.8 Å². The Morgan fingerprint density at radius 3 is 2.55 bits per heavy atom. The number of hydrogen-bond acceptors (Lipinski definition) is 3. The molecule has 1 amide bonds. The molecule has 2 aromatic rings. The number of aromatic nitrogens is 2. The van der Waals surface area contributed by atoms with Crippen LogP contribution in [0.4, 0.5) is 0 Å². The Morgan fingerprint density at radius 2 is 1.90 bits per heavy atom. The average Bonchev–Trinajstić information content (AvgIpc) is 2.45. The summed E-state index contributed by atoms with van der Waals surface area (Å²) in [5.74, 6) is 0.619. The number of amides is 1. The second-order valence-corrected chi connectivity index (χ2v) is 5.38. The maximum absolute atomic E-state index is 12.2. The van der Waals surface area contributed by atoms with Gasteiger partial charge in [0.25, 0.3) is 11.5 Å². The largest absolute Gasteiger partial charge is 0.350 e. The van der Waals surface area contributed by atoms with Crippen molar-refractivity contribution in [3.63, 3.8) is 0 Å². The van der Waals surface area contributed by atoms with Gasteiger partial charge in [0.15, 0.2) is 5.69 Å². The molecular formula is C15H19N3O2. The summed E-state index contributed by atoms with van der Waals surface area (Å²) in [6, 6.07) is 6.97. The van der Waals surface area contributed by atoms with Gasteiger partial charge in [-0.3, -0.25) is 9.59 Å². The molecule has 5 nitrogen and oxygen atoms in total. The van der Waals surface area contributed by atoms with Crippen LogP contribution in [-0.2, 0) is 0 Å². The lowest BCUT2D eigenvalue weighted by atomic mass is 9.98. The van der Waals surface area contributed by atoms with Gasteiger partial charge >= 0.3 is 0 Å². The van der Waals surface area contributed by atoms with Crippen molar-refractivity contribution in [1.29, 1.82) is 0 Å². The van der Waals surface area contributed by atoms with Crippen molar-refractivity contribution in [2.45, 2.75) is 20.8 Å². The fourth-order valence-electron chi connectivity index (χ4n) is 1.86. The second kappa shape index (κ2) is 5.86. The molecule has 1 aromatic carbocycles. The third-order valence-electron chi connectivity index (χ3n) is 3.63. The van der Waals surface area contributed by atoms with Crippen molar-refractivity contribution in [3.8, 4) is 0 Å². The zero-order chi connectivity index (χ0) is 14.7. The van der Waals surface area contributed by atoms with Crippen molar-refractivity contribution in [2.75, 3.05) is 6.54 Å². The molecule has 0 fully saturated rings. The molecule has 2 N–H and O–H groups in total. The van der Waals surface area contributed by atoms with Gasteiger partial charge in [0.1, 0.15) is 0 Å². The number of hydrogen-bond donors (Lipinski definition) is 2. The maximum atomic E-state index is 12.2. The number of fused-ring (bicyclic) bond motifs is 1. The summed E-state index contributed by atoms with van der Waals surface area (Å²) in [5, 5.41) is 10.2. The molecule has 1 unspecified atom stereocenters. The fourth-order valence-corrected chi connectivity index (χ4v) is 1.86. The molecule has 0 saturated heterocycles. The average molecular weight is 273 g/mol. The van der Waals surface area contributed by atoms with Crippen molar-refractivity contribution in [1.82, 2.24) is 15.5 Å². The fraction of sp³-hybridized carbons (Fsp3) is 0.400. The van der Waals surface area contributed by atoms with Crippen molar-refractivity contribution >= 4 is 16.7 Å². The van der Waals surface area contributed by atoms with Crippen molar-refractivity contribution < 1.29 is 4.79 Å². The normalized spacial score (nSPS) is 12.6. The summed E-state index contributed by atoms with van der Waals surface area (Å²) < 4.78 is 0. The van der Waals surface area contributed by atoms with Crippen LogP contribution in [0.5, 0.6) is 0 Å². The summed E-state index contributed by atoms with van der Waals surface area (Å²) in [7, 11) is 0. The molecule has 0 saturated carbocycles. The van der Waals surface area contributed by atoms with Crippen LogP contribution in [0.1, 0.15) is 31.3 Å². The minimum Gasteiger partial charge on any atom is -0.350 e. The smallest absolute Gasteiger partial charge is 0.272 e. The number of rotatable bonds is 4. The van der Waals surface area contributed by atoms with Crippen LogP contribution in [0, 0.1) is 11.8 Å². The third-order valence-corrected chi connectivity index (χ3v) is 3.63.